The first kappa shape index (κ1) is 20.1. The minimum atomic E-state index is -2.54. The van der Waals surface area contributed by atoms with Gasteiger partial charge >= 0.3 is 0 Å². The molecular formula is C22H25F2N5O2. The molecule has 0 amide bonds. The average molecular weight is 429 g/mol. The van der Waals surface area contributed by atoms with Gasteiger partial charge in [0.25, 0.3) is 6.43 Å². The molecule has 0 saturated carbocycles. The van der Waals surface area contributed by atoms with Crippen LogP contribution < -0.4 is 9.64 Å². The van der Waals surface area contributed by atoms with Crippen molar-refractivity contribution in [3.05, 3.63) is 41.5 Å². The van der Waals surface area contributed by atoms with Crippen LogP contribution in [0.1, 0.15) is 29.9 Å². The smallest absolute Gasteiger partial charge is 0.272 e. The van der Waals surface area contributed by atoms with E-state index in [0.717, 1.165) is 62.7 Å². The predicted octanol–water partition coefficient (Wildman–Crippen LogP) is 3.46. The molecule has 5 rings (SSSR count). The highest BCUT2D eigenvalue weighted by Crippen LogP contribution is 2.29. The topological polar surface area (TPSA) is 67.5 Å². The van der Waals surface area contributed by atoms with E-state index < -0.39 is 13.0 Å². The summed E-state index contributed by atoms with van der Waals surface area (Å²) in [5, 5.41) is 4.98. The van der Waals surface area contributed by atoms with Crippen LogP contribution in [-0.4, -0.2) is 59.2 Å². The van der Waals surface area contributed by atoms with E-state index in [4.69, 9.17) is 9.26 Å². The molecule has 2 aromatic heterocycles. The van der Waals surface area contributed by atoms with Crippen molar-refractivity contribution < 1.29 is 18.0 Å². The van der Waals surface area contributed by atoms with Crippen LogP contribution in [0.4, 0.5) is 14.5 Å². The predicted molar refractivity (Wildman–Crippen MR) is 112 cm³/mol. The van der Waals surface area contributed by atoms with Crippen LogP contribution in [0.3, 0.4) is 0 Å². The molecule has 9 heteroatoms. The molecule has 0 atom stereocenters. The van der Waals surface area contributed by atoms with Crippen molar-refractivity contribution in [2.45, 2.75) is 38.7 Å². The number of ether oxygens (including phenoxy) is 1. The van der Waals surface area contributed by atoms with E-state index in [1.807, 2.05) is 18.2 Å². The molecule has 1 saturated heterocycles. The SMILES string of the molecule is FC(F)COc1ncnc2ccc(N3CCN(Cc4noc5c4CCCC5)CC3)cc12. The Labute approximate surface area is 179 Å². The summed E-state index contributed by atoms with van der Waals surface area (Å²) in [5.41, 5.74) is 4.10. The van der Waals surface area contributed by atoms with Gasteiger partial charge in [0, 0.05) is 50.4 Å². The Morgan fingerprint density at radius 2 is 1.90 bits per heavy atom. The van der Waals surface area contributed by atoms with Gasteiger partial charge in [0.2, 0.25) is 5.88 Å². The van der Waals surface area contributed by atoms with Gasteiger partial charge in [-0.25, -0.2) is 18.7 Å². The summed E-state index contributed by atoms with van der Waals surface area (Å²) in [6, 6.07) is 5.82. The maximum absolute atomic E-state index is 12.6. The molecule has 0 unspecified atom stereocenters. The van der Waals surface area contributed by atoms with Crippen molar-refractivity contribution >= 4 is 16.6 Å². The summed E-state index contributed by atoms with van der Waals surface area (Å²) < 4.78 is 35.9. The van der Waals surface area contributed by atoms with E-state index in [1.165, 1.54) is 24.7 Å². The van der Waals surface area contributed by atoms with Gasteiger partial charge in [0.15, 0.2) is 6.61 Å². The maximum Gasteiger partial charge on any atom is 0.272 e. The second kappa shape index (κ2) is 8.74. The molecule has 2 aliphatic rings. The molecule has 0 bridgehead atoms. The third-order valence-corrected chi connectivity index (χ3v) is 6.07. The number of aryl methyl sites for hydroxylation is 1. The summed E-state index contributed by atoms with van der Waals surface area (Å²) in [6.07, 6.45) is 3.27. The van der Waals surface area contributed by atoms with Crippen molar-refractivity contribution in [2.75, 3.05) is 37.7 Å². The number of halogens is 2. The number of nitrogens with zero attached hydrogens (tertiary/aromatic N) is 5. The van der Waals surface area contributed by atoms with E-state index in [0.29, 0.717) is 10.9 Å². The molecule has 7 nitrogen and oxygen atoms in total. The normalized spacial score (nSPS) is 17.3. The van der Waals surface area contributed by atoms with Gasteiger partial charge in [-0.1, -0.05) is 5.16 Å². The first-order chi connectivity index (χ1) is 15.2. The first-order valence-corrected chi connectivity index (χ1v) is 10.8. The summed E-state index contributed by atoms with van der Waals surface area (Å²) in [5.74, 6) is 1.27. The summed E-state index contributed by atoms with van der Waals surface area (Å²) in [7, 11) is 0. The standard InChI is InChI=1S/C22H25F2N5O2/c23-21(24)13-30-22-17-11-15(5-6-18(17)25-14-26-22)29-9-7-28(8-10-29)12-19-16-3-1-2-4-20(16)31-27-19/h5-6,11,14,21H,1-4,7-10,12-13H2. The number of benzene rings is 1. The fraction of sp³-hybridized carbons (Fsp3) is 0.500. The van der Waals surface area contributed by atoms with Gasteiger partial charge < -0.3 is 14.2 Å². The van der Waals surface area contributed by atoms with Crippen molar-refractivity contribution in [1.29, 1.82) is 0 Å². The van der Waals surface area contributed by atoms with Crippen LogP contribution >= 0.6 is 0 Å². The Morgan fingerprint density at radius 1 is 1.06 bits per heavy atom. The lowest BCUT2D eigenvalue weighted by Crippen LogP contribution is -2.46. The van der Waals surface area contributed by atoms with Crippen LogP contribution in [0.2, 0.25) is 0 Å². The van der Waals surface area contributed by atoms with Gasteiger partial charge in [-0.2, -0.15) is 0 Å². The highest BCUT2D eigenvalue weighted by atomic mass is 19.3. The van der Waals surface area contributed by atoms with Crippen LogP contribution in [-0.2, 0) is 19.4 Å². The van der Waals surface area contributed by atoms with Gasteiger partial charge in [0.1, 0.15) is 17.8 Å². The van der Waals surface area contributed by atoms with E-state index in [-0.39, 0.29) is 5.88 Å². The van der Waals surface area contributed by atoms with Crippen LogP contribution in [0.15, 0.2) is 29.0 Å². The highest BCUT2D eigenvalue weighted by molar-refractivity contribution is 5.86. The molecule has 31 heavy (non-hydrogen) atoms. The molecule has 0 N–H and O–H groups in total. The molecule has 3 aromatic rings. The third-order valence-electron chi connectivity index (χ3n) is 6.07. The Balaban J connectivity index is 1.26. The Morgan fingerprint density at radius 3 is 2.74 bits per heavy atom. The molecule has 0 spiro atoms. The van der Waals surface area contributed by atoms with Gasteiger partial charge in [0.05, 0.1) is 10.9 Å². The van der Waals surface area contributed by atoms with E-state index in [1.54, 1.807) is 0 Å². The summed E-state index contributed by atoms with van der Waals surface area (Å²) in [4.78, 5) is 13.0. The molecule has 1 aliphatic carbocycles. The number of rotatable bonds is 6. The zero-order valence-corrected chi connectivity index (χ0v) is 17.3. The molecule has 3 heterocycles. The summed E-state index contributed by atoms with van der Waals surface area (Å²) in [6.45, 7) is 3.71. The molecule has 164 valence electrons. The molecular weight excluding hydrogens is 404 g/mol. The summed E-state index contributed by atoms with van der Waals surface area (Å²) >= 11 is 0. The van der Waals surface area contributed by atoms with Crippen LogP contribution in [0, 0.1) is 0 Å². The Bertz CT molecular complexity index is 1050. The number of hydrogen-bond donors (Lipinski definition) is 0. The van der Waals surface area contributed by atoms with Gasteiger partial charge in [-0.05, 0) is 37.5 Å². The van der Waals surface area contributed by atoms with E-state index in [2.05, 4.69) is 24.9 Å². The largest absolute Gasteiger partial charge is 0.471 e. The Kier molecular flexibility index (Phi) is 5.67. The highest BCUT2D eigenvalue weighted by Gasteiger charge is 2.24. The number of alkyl halides is 2. The number of anilines is 1. The minimum absolute atomic E-state index is 0.196. The molecule has 1 aromatic carbocycles. The van der Waals surface area contributed by atoms with Gasteiger partial charge in [-0.15, -0.1) is 0 Å². The molecule has 1 fully saturated rings. The van der Waals surface area contributed by atoms with Crippen molar-refractivity contribution in [3.63, 3.8) is 0 Å². The lowest BCUT2D eigenvalue weighted by atomic mass is 9.96. The first-order valence-electron chi connectivity index (χ1n) is 10.8. The zero-order chi connectivity index (χ0) is 21.2. The van der Waals surface area contributed by atoms with E-state index >= 15 is 0 Å². The fourth-order valence-corrected chi connectivity index (χ4v) is 4.42. The molecule has 0 radical (unpaired) electrons. The number of aromatic nitrogens is 3. The van der Waals surface area contributed by atoms with Crippen LogP contribution in [0.5, 0.6) is 5.88 Å². The zero-order valence-electron chi connectivity index (χ0n) is 17.3. The monoisotopic (exact) mass is 429 g/mol. The Hall–Kier alpha value is -2.81. The van der Waals surface area contributed by atoms with Gasteiger partial charge in [-0.3, -0.25) is 4.90 Å². The van der Waals surface area contributed by atoms with Crippen molar-refractivity contribution in [3.8, 4) is 5.88 Å². The van der Waals surface area contributed by atoms with Crippen molar-refractivity contribution in [1.82, 2.24) is 20.0 Å². The number of fused-ring (bicyclic) bond motifs is 2. The lowest BCUT2D eigenvalue weighted by molar-refractivity contribution is 0.0804. The quantitative estimate of drug-likeness (QED) is 0.594. The molecule has 1 aliphatic heterocycles. The second-order valence-corrected chi connectivity index (χ2v) is 8.08. The lowest BCUT2D eigenvalue weighted by Gasteiger charge is -2.36. The number of piperazine rings is 1. The third kappa shape index (κ3) is 4.32. The van der Waals surface area contributed by atoms with Crippen LogP contribution in [0.25, 0.3) is 10.9 Å². The average Bonchev–Trinajstić information content (AvgIpc) is 3.20. The number of hydrogen-bond acceptors (Lipinski definition) is 7. The second-order valence-electron chi connectivity index (χ2n) is 8.08. The van der Waals surface area contributed by atoms with E-state index in [9.17, 15) is 8.78 Å². The fourth-order valence-electron chi connectivity index (χ4n) is 4.42. The van der Waals surface area contributed by atoms with Crippen molar-refractivity contribution in [2.24, 2.45) is 0 Å². The maximum atomic E-state index is 12.6. The minimum Gasteiger partial charge on any atom is -0.471 e.